The van der Waals surface area contributed by atoms with Gasteiger partial charge >= 0.3 is 0 Å². The number of para-hydroxylation sites is 1. The van der Waals surface area contributed by atoms with E-state index in [0.717, 1.165) is 32.6 Å². The molecular weight excluding hydrogens is 334 g/mol. The van der Waals surface area contributed by atoms with Crippen molar-refractivity contribution in [1.82, 2.24) is 0 Å². The summed E-state index contributed by atoms with van der Waals surface area (Å²) in [6, 6.07) is 19.4. The Morgan fingerprint density at radius 2 is 1.74 bits per heavy atom. The van der Waals surface area contributed by atoms with Gasteiger partial charge in [0.2, 0.25) is 5.52 Å². The predicted octanol–water partition coefficient (Wildman–Crippen LogP) is 4.76. The molecular formula is C24H26NO2+. The van der Waals surface area contributed by atoms with E-state index in [1.54, 1.807) is 0 Å². The first-order chi connectivity index (χ1) is 13.3. The summed E-state index contributed by atoms with van der Waals surface area (Å²) >= 11 is 0. The molecule has 0 unspecified atom stereocenters. The normalized spacial score (nSPS) is 15.6. The molecule has 1 fully saturated rings. The molecule has 2 aromatic carbocycles. The van der Waals surface area contributed by atoms with Crippen molar-refractivity contribution < 1.29 is 14.0 Å². The fourth-order valence-corrected chi connectivity index (χ4v) is 3.46. The lowest BCUT2D eigenvalue weighted by molar-refractivity contribution is -0.673. The van der Waals surface area contributed by atoms with Crippen LogP contribution in [0.2, 0.25) is 0 Å². The zero-order valence-corrected chi connectivity index (χ0v) is 15.8. The Balaban J connectivity index is 1.57. The molecule has 4 rings (SSSR count). The van der Waals surface area contributed by atoms with Gasteiger partial charge in [-0.05, 0) is 30.5 Å². The lowest BCUT2D eigenvalue weighted by atomic mass is 10.1. The van der Waals surface area contributed by atoms with Gasteiger partial charge in [-0.1, -0.05) is 54.1 Å². The Bertz CT molecular complexity index is 925. The van der Waals surface area contributed by atoms with Gasteiger partial charge in [-0.25, -0.2) is 0 Å². The van der Waals surface area contributed by atoms with E-state index >= 15 is 0 Å². The first-order valence-corrected chi connectivity index (χ1v) is 9.69. The Morgan fingerprint density at radius 1 is 0.963 bits per heavy atom. The van der Waals surface area contributed by atoms with Crippen molar-refractivity contribution in [2.75, 3.05) is 13.2 Å². The molecule has 138 valence electrons. The third kappa shape index (κ3) is 4.44. The molecule has 3 aromatic rings. The average molecular weight is 360 g/mol. The van der Waals surface area contributed by atoms with Gasteiger partial charge in [-0.2, -0.15) is 4.57 Å². The lowest BCUT2D eigenvalue weighted by Gasteiger charge is -2.22. The van der Waals surface area contributed by atoms with Crippen molar-refractivity contribution in [2.45, 2.75) is 32.6 Å². The molecule has 3 nitrogen and oxygen atoms in total. The van der Waals surface area contributed by atoms with Crippen molar-refractivity contribution >= 4 is 23.1 Å². The van der Waals surface area contributed by atoms with Crippen molar-refractivity contribution in [3.63, 3.8) is 0 Å². The maximum Gasteiger partial charge on any atom is 0.213 e. The number of aryl methyl sites for hydroxylation is 2. The number of hydrogen-bond acceptors (Lipinski definition) is 2. The minimum Gasteiger partial charge on any atom is -0.352 e. The molecule has 1 aliphatic heterocycles. The monoisotopic (exact) mass is 360 g/mol. The van der Waals surface area contributed by atoms with E-state index < -0.39 is 0 Å². The summed E-state index contributed by atoms with van der Waals surface area (Å²) in [6.07, 6.45) is 8.33. The van der Waals surface area contributed by atoms with Gasteiger partial charge in [0, 0.05) is 12.1 Å². The van der Waals surface area contributed by atoms with Gasteiger partial charge < -0.3 is 9.47 Å². The standard InChI is InChI=1S/C24H26NO2/c1-19-7-9-20(10-8-19)11-12-21-13-15-25(23-6-3-2-5-22(21)23)16-14-24-26-17-4-18-27-24/h2-3,5-13,15,24H,4,14,16-18H2,1H3/q+1/b12-11+. The number of fused-ring (bicyclic) bond motifs is 1. The quantitative estimate of drug-likeness (QED) is 0.612. The van der Waals surface area contributed by atoms with Crippen LogP contribution >= 0.6 is 0 Å². The summed E-state index contributed by atoms with van der Waals surface area (Å²) in [5.41, 5.74) is 4.96. The molecule has 0 bridgehead atoms. The minimum atomic E-state index is -0.0777. The highest BCUT2D eigenvalue weighted by Gasteiger charge is 2.18. The molecule has 0 spiro atoms. The van der Waals surface area contributed by atoms with Crippen LogP contribution in [0.4, 0.5) is 0 Å². The van der Waals surface area contributed by atoms with E-state index in [0.29, 0.717) is 0 Å². The molecule has 0 radical (unpaired) electrons. The second-order valence-electron chi connectivity index (χ2n) is 7.04. The van der Waals surface area contributed by atoms with Crippen LogP contribution in [0.15, 0.2) is 60.8 Å². The summed E-state index contributed by atoms with van der Waals surface area (Å²) in [7, 11) is 0. The molecule has 0 atom stereocenters. The molecule has 1 aromatic heterocycles. The third-order valence-electron chi connectivity index (χ3n) is 4.99. The highest BCUT2D eigenvalue weighted by Crippen LogP contribution is 2.19. The largest absolute Gasteiger partial charge is 0.352 e. The van der Waals surface area contributed by atoms with Crippen LogP contribution in [0.3, 0.4) is 0 Å². The highest BCUT2D eigenvalue weighted by atomic mass is 16.7. The number of rotatable bonds is 5. The van der Waals surface area contributed by atoms with E-state index in [1.807, 2.05) is 0 Å². The molecule has 1 saturated heterocycles. The van der Waals surface area contributed by atoms with Gasteiger partial charge in [-0.15, -0.1) is 0 Å². The second-order valence-corrected chi connectivity index (χ2v) is 7.04. The van der Waals surface area contributed by atoms with Crippen LogP contribution in [-0.4, -0.2) is 19.5 Å². The van der Waals surface area contributed by atoms with Crippen molar-refractivity contribution in [3.8, 4) is 0 Å². The van der Waals surface area contributed by atoms with E-state index in [1.165, 1.54) is 27.6 Å². The Hall–Kier alpha value is -2.49. The van der Waals surface area contributed by atoms with Crippen molar-refractivity contribution in [2.24, 2.45) is 0 Å². The van der Waals surface area contributed by atoms with E-state index in [9.17, 15) is 0 Å². The molecule has 3 heteroatoms. The Kier molecular flexibility index (Phi) is 5.61. The molecule has 0 aliphatic carbocycles. The van der Waals surface area contributed by atoms with Crippen LogP contribution in [0, 0.1) is 6.92 Å². The summed E-state index contributed by atoms with van der Waals surface area (Å²) in [4.78, 5) is 0. The van der Waals surface area contributed by atoms with Crippen LogP contribution < -0.4 is 4.57 Å². The van der Waals surface area contributed by atoms with E-state index in [2.05, 4.69) is 84.4 Å². The lowest BCUT2D eigenvalue weighted by Crippen LogP contribution is -2.38. The zero-order chi connectivity index (χ0) is 18.5. The molecule has 0 saturated carbocycles. The number of nitrogens with zero attached hydrogens (tertiary/aromatic N) is 1. The predicted molar refractivity (Wildman–Crippen MR) is 109 cm³/mol. The van der Waals surface area contributed by atoms with Crippen LogP contribution in [-0.2, 0) is 16.0 Å². The number of aromatic nitrogens is 1. The smallest absolute Gasteiger partial charge is 0.213 e. The number of pyridine rings is 1. The van der Waals surface area contributed by atoms with Gasteiger partial charge in [0.1, 0.15) is 0 Å². The molecule has 27 heavy (non-hydrogen) atoms. The van der Waals surface area contributed by atoms with Crippen LogP contribution in [0.5, 0.6) is 0 Å². The molecule has 0 N–H and O–H groups in total. The van der Waals surface area contributed by atoms with Crippen molar-refractivity contribution in [1.29, 1.82) is 0 Å². The van der Waals surface area contributed by atoms with Gasteiger partial charge in [0.05, 0.1) is 25.0 Å². The van der Waals surface area contributed by atoms with Gasteiger partial charge in [-0.3, -0.25) is 0 Å². The Labute approximate surface area is 160 Å². The fraction of sp³-hybridized carbons (Fsp3) is 0.292. The summed E-state index contributed by atoms with van der Waals surface area (Å²) in [5.74, 6) is 0. The number of benzene rings is 2. The molecule has 2 heterocycles. The van der Waals surface area contributed by atoms with Crippen molar-refractivity contribution in [3.05, 3.63) is 77.5 Å². The van der Waals surface area contributed by atoms with E-state index in [-0.39, 0.29) is 6.29 Å². The first-order valence-electron chi connectivity index (χ1n) is 9.69. The average Bonchev–Trinajstić information content (AvgIpc) is 2.73. The zero-order valence-electron chi connectivity index (χ0n) is 15.8. The third-order valence-corrected chi connectivity index (χ3v) is 4.99. The SMILES string of the molecule is Cc1ccc(/C=C/c2cc[n+](CCC3OCCCO3)c3ccccc23)cc1. The van der Waals surface area contributed by atoms with Crippen LogP contribution in [0.1, 0.15) is 29.5 Å². The first kappa shape index (κ1) is 17.9. The summed E-state index contributed by atoms with van der Waals surface area (Å²) in [6.45, 7) is 4.60. The number of ether oxygens (including phenoxy) is 2. The van der Waals surface area contributed by atoms with Gasteiger partial charge in [0.25, 0.3) is 0 Å². The molecule has 1 aliphatic rings. The van der Waals surface area contributed by atoms with E-state index in [4.69, 9.17) is 9.47 Å². The minimum absolute atomic E-state index is 0.0777. The summed E-state index contributed by atoms with van der Waals surface area (Å²) in [5, 5.41) is 1.26. The maximum absolute atomic E-state index is 5.68. The highest BCUT2D eigenvalue weighted by molar-refractivity contribution is 5.88. The van der Waals surface area contributed by atoms with Crippen LogP contribution in [0.25, 0.3) is 23.1 Å². The fourth-order valence-electron chi connectivity index (χ4n) is 3.46. The maximum atomic E-state index is 5.68. The summed E-state index contributed by atoms with van der Waals surface area (Å²) < 4.78 is 13.7. The van der Waals surface area contributed by atoms with Gasteiger partial charge in [0.15, 0.2) is 19.0 Å². The Morgan fingerprint density at radius 3 is 2.56 bits per heavy atom. The second kappa shape index (κ2) is 8.47. The number of hydrogen-bond donors (Lipinski definition) is 0. The molecule has 0 amide bonds. The topological polar surface area (TPSA) is 22.3 Å².